The van der Waals surface area contributed by atoms with Crippen LogP contribution in [0.25, 0.3) is 11.3 Å². The van der Waals surface area contributed by atoms with Crippen LogP contribution in [0.1, 0.15) is 0 Å². The Kier molecular flexibility index (Phi) is 2.99. The van der Waals surface area contributed by atoms with E-state index in [1.54, 1.807) is 24.4 Å². The monoisotopic (exact) mass is 289 g/mol. The van der Waals surface area contributed by atoms with E-state index in [1.807, 2.05) is 12.1 Å². The summed E-state index contributed by atoms with van der Waals surface area (Å²) in [5.41, 5.74) is 2.13. The molecule has 20 heavy (non-hydrogen) atoms. The van der Waals surface area contributed by atoms with Crippen molar-refractivity contribution in [2.45, 2.75) is 4.90 Å². The van der Waals surface area contributed by atoms with Crippen LogP contribution < -0.4 is 4.72 Å². The lowest BCUT2D eigenvalue weighted by atomic mass is 10.1. The molecule has 2 heterocycles. The normalized spacial score (nSPS) is 11.4. The van der Waals surface area contributed by atoms with Crippen molar-refractivity contribution in [2.24, 2.45) is 0 Å². The molecule has 7 nitrogen and oxygen atoms in total. The Morgan fingerprint density at radius 1 is 1.15 bits per heavy atom. The summed E-state index contributed by atoms with van der Waals surface area (Å²) < 4.78 is 26.6. The van der Waals surface area contributed by atoms with Gasteiger partial charge in [-0.05, 0) is 18.2 Å². The van der Waals surface area contributed by atoms with Crippen LogP contribution in [-0.2, 0) is 10.0 Å². The number of benzene rings is 1. The predicted molar refractivity (Wildman–Crippen MR) is 73.4 cm³/mol. The number of sulfonamides is 1. The molecular formula is C12H11N5O2S. The summed E-state index contributed by atoms with van der Waals surface area (Å²) in [6.45, 7) is 0. The molecule has 0 atom stereocenters. The van der Waals surface area contributed by atoms with Gasteiger partial charge in [-0.3, -0.25) is 14.9 Å². The van der Waals surface area contributed by atoms with Crippen molar-refractivity contribution in [1.82, 2.24) is 20.4 Å². The topological polar surface area (TPSA) is 104 Å². The highest BCUT2D eigenvalue weighted by Crippen LogP contribution is 2.22. The minimum Gasteiger partial charge on any atom is -0.284 e. The van der Waals surface area contributed by atoms with E-state index in [2.05, 4.69) is 25.1 Å². The van der Waals surface area contributed by atoms with E-state index in [4.69, 9.17) is 0 Å². The Labute approximate surface area is 115 Å². The van der Waals surface area contributed by atoms with Crippen LogP contribution in [0.5, 0.6) is 0 Å². The summed E-state index contributed by atoms with van der Waals surface area (Å²) in [5, 5.41) is 12.8. The number of anilines is 1. The second-order valence-electron chi connectivity index (χ2n) is 4.09. The quantitative estimate of drug-likeness (QED) is 0.678. The third-order valence-electron chi connectivity index (χ3n) is 2.71. The number of H-pyrrole nitrogens is 2. The molecule has 0 aliphatic heterocycles. The van der Waals surface area contributed by atoms with Gasteiger partial charge in [-0.25, -0.2) is 8.42 Å². The molecule has 0 aliphatic rings. The van der Waals surface area contributed by atoms with Crippen molar-refractivity contribution in [3.05, 3.63) is 48.9 Å². The zero-order valence-electron chi connectivity index (χ0n) is 10.2. The van der Waals surface area contributed by atoms with Crippen LogP contribution in [0.3, 0.4) is 0 Å². The van der Waals surface area contributed by atoms with E-state index in [0.29, 0.717) is 5.69 Å². The standard InChI is InChI=1S/C12H11N5O2S/c18-20(19,11-7-14-15-8-11)17-10-3-1-2-9(6-10)12-4-5-13-16-12/h1-8,17H,(H,13,16)(H,14,15). The second-order valence-corrected chi connectivity index (χ2v) is 5.77. The SMILES string of the molecule is O=S(=O)(Nc1cccc(-c2ccn[nH]2)c1)c1cn[nH]c1. The maximum Gasteiger partial charge on any atom is 0.265 e. The summed E-state index contributed by atoms with van der Waals surface area (Å²) >= 11 is 0. The first-order chi connectivity index (χ1) is 9.65. The molecule has 3 aromatic rings. The van der Waals surface area contributed by atoms with Gasteiger partial charge < -0.3 is 0 Å². The average molecular weight is 289 g/mol. The molecule has 0 bridgehead atoms. The second kappa shape index (κ2) is 4.82. The maximum atomic E-state index is 12.1. The largest absolute Gasteiger partial charge is 0.284 e. The third kappa shape index (κ3) is 2.41. The number of aromatic nitrogens is 4. The minimum absolute atomic E-state index is 0.0874. The first-order valence-corrected chi connectivity index (χ1v) is 7.25. The fourth-order valence-corrected chi connectivity index (χ4v) is 2.72. The Hall–Kier alpha value is -2.61. The van der Waals surface area contributed by atoms with E-state index in [0.717, 1.165) is 11.3 Å². The first kappa shape index (κ1) is 12.4. The Balaban J connectivity index is 1.91. The van der Waals surface area contributed by atoms with Crippen LogP contribution in [0, 0.1) is 0 Å². The number of nitrogens with zero attached hydrogens (tertiary/aromatic N) is 2. The molecule has 0 unspecified atom stereocenters. The first-order valence-electron chi connectivity index (χ1n) is 5.76. The van der Waals surface area contributed by atoms with Crippen LogP contribution in [-0.4, -0.2) is 28.8 Å². The van der Waals surface area contributed by atoms with Gasteiger partial charge in [-0.1, -0.05) is 12.1 Å². The van der Waals surface area contributed by atoms with Crippen molar-refractivity contribution in [3.8, 4) is 11.3 Å². The molecular weight excluding hydrogens is 278 g/mol. The van der Waals surface area contributed by atoms with E-state index in [-0.39, 0.29) is 4.90 Å². The number of hydrogen-bond acceptors (Lipinski definition) is 4. The molecule has 1 aromatic carbocycles. The van der Waals surface area contributed by atoms with Crippen molar-refractivity contribution in [1.29, 1.82) is 0 Å². The number of aromatic amines is 2. The van der Waals surface area contributed by atoms with Gasteiger partial charge >= 0.3 is 0 Å². The van der Waals surface area contributed by atoms with Crippen LogP contribution >= 0.6 is 0 Å². The zero-order valence-corrected chi connectivity index (χ0v) is 11.1. The molecule has 3 N–H and O–H groups in total. The van der Waals surface area contributed by atoms with E-state index < -0.39 is 10.0 Å². The van der Waals surface area contributed by atoms with Crippen molar-refractivity contribution < 1.29 is 8.42 Å². The van der Waals surface area contributed by atoms with E-state index in [1.165, 1.54) is 12.4 Å². The molecule has 0 saturated heterocycles. The smallest absolute Gasteiger partial charge is 0.265 e. The molecule has 3 rings (SSSR count). The highest BCUT2D eigenvalue weighted by molar-refractivity contribution is 7.92. The van der Waals surface area contributed by atoms with Gasteiger partial charge in [0.1, 0.15) is 4.90 Å². The molecule has 0 saturated carbocycles. The van der Waals surface area contributed by atoms with Gasteiger partial charge in [0.25, 0.3) is 10.0 Å². The van der Waals surface area contributed by atoms with Gasteiger partial charge in [0, 0.05) is 23.6 Å². The van der Waals surface area contributed by atoms with E-state index in [9.17, 15) is 8.42 Å². The van der Waals surface area contributed by atoms with Gasteiger partial charge in [0.15, 0.2) is 0 Å². The van der Waals surface area contributed by atoms with Gasteiger partial charge in [-0.2, -0.15) is 10.2 Å². The molecule has 0 amide bonds. The molecule has 102 valence electrons. The van der Waals surface area contributed by atoms with Crippen LogP contribution in [0.15, 0.2) is 53.8 Å². The average Bonchev–Trinajstić information content (AvgIpc) is 3.12. The number of hydrogen-bond donors (Lipinski definition) is 3. The summed E-state index contributed by atoms with van der Waals surface area (Å²) in [6.07, 6.45) is 4.21. The minimum atomic E-state index is -3.63. The summed E-state index contributed by atoms with van der Waals surface area (Å²) in [5.74, 6) is 0. The van der Waals surface area contributed by atoms with Gasteiger partial charge in [-0.15, -0.1) is 0 Å². The van der Waals surface area contributed by atoms with Crippen molar-refractivity contribution in [2.75, 3.05) is 4.72 Å². The lowest BCUT2D eigenvalue weighted by molar-refractivity contribution is 0.601. The highest BCUT2D eigenvalue weighted by atomic mass is 32.2. The molecule has 0 fully saturated rings. The fourth-order valence-electron chi connectivity index (χ4n) is 1.77. The lowest BCUT2D eigenvalue weighted by Gasteiger charge is -2.07. The van der Waals surface area contributed by atoms with E-state index >= 15 is 0 Å². The molecule has 2 aromatic heterocycles. The summed E-state index contributed by atoms with van der Waals surface area (Å²) in [7, 11) is -3.63. The molecule has 0 radical (unpaired) electrons. The molecule has 8 heteroatoms. The fraction of sp³-hybridized carbons (Fsp3) is 0. The summed E-state index contributed by atoms with van der Waals surface area (Å²) in [4.78, 5) is 0.0874. The predicted octanol–water partition coefficient (Wildman–Crippen LogP) is 1.60. The third-order valence-corrected chi connectivity index (χ3v) is 4.06. The maximum absolute atomic E-state index is 12.1. The van der Waals surface area contributed by atoms with Gasteiger partial charge in [0.2, 0.25) is 0 Å². The van der Waals surface area contributed by atoms with Crippen LogP contribution in [0.4, 0.5) is 5.69 Å². The number of rotatable bonds is 4. The molecule has 0 aliphatic carbocycles. The Morgan fingerprint density at radius 2 is 2.05 bits per heavy atom. The van der Waals surface area contributed by atoms with Crippen LogP contribution in [0.2, 0.25) is 0 Å². The summed E-state index contributed by atoms with van der Waals surface area (Å²) in [6, 6.07) is 8.85. The zero-order chi connectivity index (χ0) is 14.0. The lowest BCUT2D eigenvalue weighted by Crippen LogP contribution is -2.12. The Morgan fingerprint density at radius 3 is 2.75 bits per heavy atom. The highest BCUT2D eigenvalue weighted by Gasteiger charge is 2.15. The van der Waals surface area contributed by atoms with Gasteiger partial charge in [0.05, 0.1) is 11.9 Å². The molecule has 0 spiro atoms. The Bertz CT molecular complexity index is 794. The van der Waals surface area contributed by atoms with Crippen molar-refractivity contribution in [3.63, 3.8) is 0 Å². The van der Waals surface area contributed by atoms with Crippen molar-refractivity contribution >= 4 is 15.7 Å². The number of nitrogens with one attached hydrogen (secondary N) is 3.